The van der Waals surface area contributed by atoms with E-state index in [4.69, 9.17) is 15.7 Å². The Morgan fingerprint density at radius 1 is 0.941 bits per heavy atom. The fraction of sp³-hybridized carbons (Fsp3) is 0.393. The van der Waals surface area contributed by atoms with Gasteiger partial charge >= 0.3 is 0 Å². The number of piperidine rings is 1. The van der Waals surface area contributed by atoms with Gasteiger partial charge in [0.05, 0.1) is 30.1 Å². The number of carbonyl (C=O) groups excluding carboxylic acids is 1. The molecule has 2 aromatic heterocycles. The van der Waals surface area contributed by atoms with Gasteiger partial charge in [0.25, 0.3) is 0 Å². The Bertz CT molecular complexity index is 1150. The zero-order valence-corrected chi connectivity index (χ0v) is 20.5. The number of nitrogens with two attached hydrogens (primary N) is 1. The second-order valence-electron chi connectivity index (χ2n) is 9.57. The molecule has 1 aliphatic rings. The van der Waals surface area contributed by atoms with Gasteiger partial charge in [-0.2, -0.15) is 0 Å². The van der Waals surface area contributed by atoms with Crippen molar-refractivity contribution < 1.29 is 9.90 Å². The lowest BCUT2D eigenvalue weighted by atomic mass is 9.87. The average Bonchev–Trinajstić information content (AvgIpc) is 2.80. The molecule has 0 saturated carbocycles. The Hall–Kier alpha value is -3.09. The Balaban J connectivity index is 1.80. The molecule has 0 spiro atoms. The number of amides is 1. The smallest absolute Gasteiger partial charge is 0.248 e. The number of carbonyl (C=O) groups is 1. The predicted octanol–water partition coefficient (Wildman–Crippen LogP) is 4.77. The molecule has 4 rings (SSSR count). The van der Waals surface area contributed by atoms with Gasteiger partial charge in [0.15, 0.2) is 0 Å². The van der Waals surface area contributed by atoms with Crippen LogP contribution >= 0.6 is 0 Å². The van der Waals surface area contributed by atoms with Crippen molar-refractivity contribution in [2.45, 2.75) is 72.2 Å². The highest BCUT2D eigenvalue weighted by Gasteiger charge is 2.35. The maximum atomic E-state index is 11.7. The molecule has 1 saturated heterocycles. The zero-order valence-electron chi connectivity index (χ0n) is 20.5. The van der Waals surface area contributed by atoms with Gasteiger partial charge in [0.2, 0.25) is 5.91 Å². The number of nitrogens with zero attached hydrogens (tertiary/aromatic N) is 3. The first-order chi connectivity index (χ1) is 16.3. The van der Waals surface area contributed by atoms with Crippen molar-refractivity contribution in [1.82, 2.24) is 14.9 Å². The standard InChI is InChI=1S/C28H34N4O2/c1-17-10-19(3)26(30-13-17)24-6-5-7-25(27-20(4)11-18(2)14-31-27)32(24)15-22-9-8-21(28(29)34)12-23(22)16-33/h8-14,24-25,33H,5-7,15-16H2,1-4H3,(H2,29,34)/t24-,25+. The summed E-state index contributed by atoms with van der Waals surface area (Å²) in [6, 6.07) is 10.0. The second kappa shape index (κ2) is 10.0. The number of aliphatic hydroxyl groups is 1. The highest BCUT2D eigenvalue weighted by molar-refractivity contribution is 5.93. The molecule has 6 heteroatoms. The Morgan fingerprint density at radius 2 is 1.50 bits per heavy atom. The van der Waals surface area contributed by atoms with Crippen molar-refractivity contribution in [2.75, 3.05) is 0 Å². The average molecular weight is 459 g/mol. The number of likely N-dealkylation sites (tertiary alicyclic amines) is 1. The van der Waals surface area contributed by atoms with E-state index in [9.17, 15) is 9.90 Å². The molecule has 3 aromatic rings. The summed E-state index contributed by atoms with van der Waals surface area (Å²) in [6.07, 6.45) is 6.99. The van der Waals surface area contributed by atoms with Crippen LogP contribution in [0.3, 0.4) is 0 Å². The molecule has 3 N–H and O–H groups in total. The van der Waals surface area contributed by atoms with Gasteiger partial charge in [-0.3, -0.25) is 19.7 Å². The number of rotatable bonds is 6. The molecule has 0 aliphatic carbocycles. The maximum Gasteiger partial charge on any atom is 0.248 e. The van der Waals surface area contributed by atoms with Crippen molar-refractivity contribution in [2.24, 2.45) is 5.73 Å². The Kier molecular flexibility index (Phi) is 7.10. The molecule has 1 amide bonds. The lowest BCUT2D eigenvalue weighted by molar-refractivity contribution is 0.0671. The second-order valence-corrected chi connectivity index (χ2v) is 9.57. The van der Waals surface area contributed by atoms with E-state index in [0.29, 0.717) is 12.1 Å². The van der Waals surface area contributed by atoms with Crippen LogP contribution in [0.15, 0.2) is 42.7 Å². The first-order valence-electron chi connectivity index (χ1n) is 11.9. The summed E-state index contributed by atoms with van der Waals surface area (Å²) in [6.45, 7) is 8.87. The maximum absolute atomic E-state index is 11.7. The minimum atomic E-state index is -0.492. The number of aromatic nitrogens is 2. The van der Waals surface area contributed by atoms with Crippen molar-refractivity contribution in [3.63, 3.8) is 0 Å². The van der Waals surface area contributed by atoms with E-state index < -0.39 is 5.91 Å². The third kappa shape index (κ3) is 4.88. The number of aryl methyl sites for hydroxylation is 4. The molecular weight excluding hydrogens is 424 g/mol. The summed E-state index contributed by atoms with van der Waals surface area (Å²) in [4.78, 5) is 23.9. The first kappa shape index (κ1) is 24.0. The Labute approximate surface area is 201 Å². The number of aliphatic hydroxyl groups excluding tert-OH is 1. The van der Waals surface area contributed by atoms with Crippen molar-refractivity contribution >= 4 is 5.91 Å². The SMILES string of the molecule is Cc1cnc([C@H]2CCC[C@@H](c3ncc(C)cc3C)N2Cc2ccc(C(N)=O)cc2CO)c(C)c1. The molecule has 178 valence electrons. The zero-order chi connectivity index (χ0) is 24.4. The minimum absolute atomic E-state index is 0.129. The van der Waals surface area contributed by atoms with E-state index in [2.05, 4.69) is 44.7 Å². The summed E-state index contributed by atoms with van der Waals surface area (Å²) < 4.78 is 0. The van der Waals surface area contributed by atoms with Crippen LogP contribution < -0.4 is 5.73 Å². The molecule has 1 fully saturated rings. The van der Waals surface area contributed by atoms with Crippen molar-refractivity contribution in [1.29, 1.82) is 0 Å². The van der Waals surface area contributed by atoms with Gasteiger partial charge in [0.1, 0.15) is 0 Å². The van der Waals surface area contributed by atoms with Crippen molar-refractivity contribution in [3.8, 4) is 0 Å². The largest absolute Gasteiger partial charge is 0.392 e. The van der Waals surface area contributed by atoms with Crippen LogP contribution in [-0.2, 0) is 13.2 Å². The quantitative estimate of drug-likeness (QED) is 0.555. The van der Waals surface area contributed by atoms with E-state index in [1.807, 2.05) is 18.5 Å². The number of primary amides is 1. The lowest BCUT2D eigenvalue weighted by Crippen LogP contribution is -2.37. The molecule has 0 unspecified atom stereocenters. The fourth-order valence-corrected chi connectivity index (χ4v) is 5.29. The summed E-state index contributed by atoms with van der Waals surface area (Å²) >= 11 is 0. The molecule has 6 nitrogen and oxygen atoms in total. The van der Waals surface area contributed by atoms with E-state index in [1.165, 1.54) is 11.1 Å². The molecule has 3 heterocycles. The minimum Gasteiger partial charge on any atom is -0.392 e. The van der Waals surface area contributed by atoms with Crippen LogP contribution in [0.2, 0.25) is 0 Å². The Morgan fingerprint density at radius 3 is 1.97 bits per heavy atom. The van der Waals surface area contributed by atoms with Gasteiger partial charge < -0.3 is 10.8 Å². The molecule has 0 radical (unpaired) electrons. The molecule has 1 aromatic carbocycles. The third-order valence-electron chi connectivity index (χ3n) is 6.91. The van der Waals surface area contributed by atoms with Crippen LogP contribution in [0.5, 0.6) is 0 Å². The van der Waals surface area contributed by atoms with Gasteiger partial charge in [-0.15, -0.1) is 0 Å². The first-order valence-corrected chi connectivity index (χ1v) is 11.9. The number of pyridine rings is 2. The lowest BCUT2D eigenvalue weighted by Gasteiger charge is -2.43. The number of benzene rings is 1. The molecule has 1 aliphatic heterocycles. The van der Waals surface area contributed by atoms with Crippen LogP contribution in [-0.4, -0.2) is 25.9 Å². The highest BCUT2D eigenvalue weighted by Crippen LogP contribution is 2.43. The summed E-state index contributed by atoms with van der Waals surface area (Å²) in [5, 5.41) is 10.1. The summed E-state index contributed by atoms with van der Waals surface area (Å²) in [5.74, 6) is -0.492. The molecule has 2 atom stereocenters. The predicted molar refractivity (Wildman–Crippen MR) is 133 cm³/mol. The number of hydrogen-bond acceptors (Lipinski definition) is 5. The number of hydrogen-bond donors (Lipinski definition) is 2. The third-order valence-corrected chi connectivity index (χ3v) is 6.91. The normalized spacial score (nSPS) is 18.7. The van der Waals surface area contributed by atoms with Crippen LogP contribution in [0.25, 0.3) is 0 Å². The van der Waals surface area contributed by atoms with Crippen LogP contribution in [0, 0.1) is 27.7 Å². The topological polar surface area (TPSA) is 92.3 Å². The van der Waals surface area contributed by atoms with Gasteiger partial charge in [-0.05, 0) is 92.5 Å². The monoisotopic (exact) mass is 458 g/mol. The summed E-state index contributed by atoms with van der Waals surface area (Å²) in [7, 11) is 0. The van der Waals surface area contributed by atoms with E-state index >= 15 is 0 Å². The molecule has 0 bridgehead atoms. The fourth-order valence-electron chi connectivity index (χ4n) is 5.29. The van der Waals surface area contributed by atoms with Crippen LogP contribution in [0.1, 0.15) is 86.5 Å². The highest BCUT2D eigenvalue weighted by atomic mass is 16.3. The van der Waals surface area contributed by atoms with Gasteiger partial charge in [-0.1, -0.05) is 18.2 Å². The molecule has 34 heavy (non-hydrogen) atoms. The van der Waals surface area contributed by atoms with Gasteiger partial charge in [0, 0.05) is 24.5 Å². The van der Waals surface area contributed by atoms with Crippen LogP contribution in [0.4, 0.5) is 0 Å². The van der Waals surface area contributed by atoms with E-state index in [0.717, 1.165) is 52.9 Å². The molecular formula is C28H34N4O2. The van der Waals surface area contributed by atoms with Crippen molar-refractivity contribution in [3.05, 3.63) is 93.1 Å². The summed E-state index contributed by atoms with van der Waals surface area (Å²) in [5.41, 5.74) is 14.5. The van der Waals surface area contributed by atoms with E-state index in [-0.39, 0.29) is 18.7 Å². The van der Waals surface area contributed by atoms with E-state index in [1.54, 1.807) is 12.1 Å². The van der Waals surface area contributed by atoms with Gasteiger partial charge in [-0.25, -0.2) is 0 Å².